The standard InChI is InChI=1S/C29H34N4O4/c1-19(31-13-15-32(16-14-31)22-9-10-22)21-7-5-20(6-8-21)18-37-26-4-2-3-23-24(26)17-33(29(23)36)25-11-12-27(34)30-28(25)35/h2-8,19,22,25H,9-18H2,1H3,(H,30,34,35)/t19-,25+/m1/s1. The summed E-state index contributed by atoms with van der Waals surface area (Å²) in [4.78, 5) is 43.7. The minimum Gasteiger partial charge on any atom is -0.489 e. The van der Waals surface area contributed by atoms with E-state index in [9.17, 15) is 14.4 Å². The van der Waals surface area contributed by atoms with Crippen LogP contribution >= 0.6 is 0 Å². The second kappa shape index (κ2) is 9.91. The Hall–Kier alpha value is -3.23. The second-order valence-corrected chi connectivity index (χ2v) is 10.7. The first-order valence-corrected chi connectivity index (χ1v) is 13.4. The number of carbonyl (C=O) groups is 3. The van der Waals surface area contributed by atoms with Crippen LogP contribution < -0.4 is 10.1 Å². The third kappa shape index (κ3) is 4.88. The van der Waals surface area contributed by atoms with Gasteiger partial charge in [-0.05, 0) is 49.4 Å². The Bertz CT molecular complexity index is 1200. The minimum absolute atomic E-state index is 0.189. The number of piperidine rings is 1. The van der Waals surface area contributed by atoms with Gasteiger partial charge in [0.1, 0.15) is 18.4 Å². The van der Waals surface area contributed by atoms with E-state index >= 15 is 0 Å². The maximum atomic E-state index is 13.0. The molecule has 8 nitrogen and oxygen atoms in total. The monoisotopic (exact) mass is 502 g/mol. The summed E-state index contributed by atoms with van der Waals surface area (Å²) in [6.07, 6.45) is 3.34. The van der Waals surface area contributed by atoms with Crippen LogP contribution in [0.15, 0.2) is 42.5 Å². The van der Waals surface area contributed by atoms with Crippen LogP contribution in [0.5, 0.6) is 5.75 Å². The number of nitrogens with zero attached hydrogens (tertiary/aromatic N) is 3. The average Bonchev–Trinajstić information content (AvgIpc) is 3.71. The first kappa shape index (κ1) is 24.1. The van der Waals surface area contributed by atoms with Crippen molar-refractivity contribution in [1.82, 2.24) is 20.0 Å². The summed E-state index contributed by atoms with van der Waals surface area (Å²) in [6.45, 7) is 7.58. The molecule has 2 aromatic rings. The number of rotatable bonds is 7. The van der Waals surface area contributed by atoms with E-state index in [1.54, 1.807) is 11.0 Å². The summed E-state index contributed by atoms with van der Waals surface area (Å²) in [7, 11) is 0. The van der Waals surface area contributed by atoms with Crippen molar-refractivity contribution in [1.29, 1.82) is 0 Å². The number of imide groups is 1. The minimum atomic E-state index is -0.628. The van der Waals surface area contributed by atoms with Gasteiger partial charge >= 0.3 is 0 Å². The van der Waals surface area contributed by atoms with Crippen LogP contribution in [0.3, 0.4) is 0 Å². The number of ether oxygens (including phenoxy) is 1. The first-order valence-electron chi connectivity index (χ1n) is 13.4. The molecule has 194 valence electrons. The van der Waals surface area contributed by atoms with Gasteiger partial charge in [0.25, 0.3) is 5.91 Å². The highest BCUT2D eigenvalue weighted by Gasteiger charge is 2.40. The molecular formula is C29H34N4O4. The normalized spacial score (nSPS) is 23.6. The molecule has 1 N–H and O–H groups in total. The molecule has 4 aliphatic rings. The van der Waals surface area contributed by atoms with Gasteiger partial charge in [0.05, 0.1) is 6.54 Å². The van der Waals surface area contributed by atoms with Crippen LogP contribution in [-0.2, 0) is 22.7 Å². The molecule has 1 saturated carbocycles. The van der Waals surface area contributed by atoms with Crippen LogP contribution in [0, 0.1) is 0 Å². The van der Waals surface area contributed by atoms with Crippen LogP contribution in [-0.4, -0.2) is 70.7 Å². The Morgan fingerprint density at radius 2 is 1.73 bits per heavy atom. The third-order valence-corrected chi connectivity index (χ3v) is 8.36. The Labute approximate surface area is 217 Å². The predicted octanol–water partition coefficient (Wildman–Crippen LogP) is 2.87. The first-order chi connectivity index (χ1) is 18.0. The highest BCUT2D eigenvalue weighted by molar-refractivity contribution is 6.05. The highest BCUT2D eigenvalue weighted by atomic mass is 16.5. The van der Waals surface area contributed by atoms with Gasteiger partial charge in [-0.3, -0.25) is 29.5 Å². The summed E-state index contributed by atoms with van der Waals surface area (Å²) < 4.78 is 6.17. The summed E-state index contributed by atoms with van der Waals surface area (Å²) in [5.74, 6) is -0.220. The summed E-state index contributed by atoms with van der Waals surface area (Å²) in [6, 6.07) is 14.7. The van der Waals surface area contributed by atoms with E-state index in [0.29, 0.717) is 36.9 Å². The number of nitrogens with one attached hydrogen (secondary N) is 1. The second-order valence-electron chi connectivity index (χ2n) is 10.7. The van der Waals surface area contributed by atoms with Crippen LogP contribution in [0.4, 0.5) is 0 Å². The molecule has 8 heteroatoms. The molecule has 2 atom stereocenters. The van der Waals surface area contributed by atoms with E-state index in [4.69, 9.17) is 4.74 Å². The van der Waals surface area contributed by atoms with Crippen molar-refractivity contribution in [3.8, 4) is 5.75 Å². The molecule has 1 aliphatic carbocycles. The van der Waals surface area contributed by atoms with Crippen LogP contribution in [0.25, 0.3) is 0 Å². The Morgan fingerprint density at radius 3 is 2.43 bits per heavy atom. The smallest absolute Gasteiger partial charge is 0.255 e. The molecule has 3 heterocycles. The molecule has 3 fully saturated rings. The number of piperazine rings is 1. The summed E-state index contributed by atoms with van der Waals surface area (Å²) >= 11 is 0. The van der Waals surface area contributed by atoms with Gasteiger partial charge in [0, 0.05) is 55.8 Å². The SMILES string of the molecule is C[C@H](c1ccc(COc2cccc3c2CN([C@H]2CCC(=O)NC2=O)C3=O)cc1)N1CCN(C2CC2)CC1. The third-order valence-electron chi connectivity index (χ3n) is 8.36. The van der Waals surface area contributed by atoms with Crippen molar-refractivity contribution in [2.24, 2.45) is 0 Å². The number of carbonyl (C=O) groups excluding carboxylic acids is 3. The maximum Gasteiger partial charge on any atom is 0.255 e. The van der Waals surface area contributed by atoms with Crippen molar-refractivity contribution in [3.63, 3.8) is 0 Å². The van der Waals surface area contributed by atoms with Crippen molar-refractivity contribution >= 4 is 17.7 Å². The van der Waals surface area contributed by atoms with E-state index in [0.717, 1.165) is 30.3 Å². The van der Waals surface area contributed by atoms with Crippen LogP contribution in [0.1, 0.15) is 65.7 Å². The molecule has 0 aromatic heterocycles. The number of hydrogen-bond acceptors (Lipinski definition) is 6. The Morgan fingerprint density at radius 1 is 0.973 bits per heavy atom. The van der Waals surface area contributed by atoms with Gasteiger partial charge in [-0.2, -0.15) is 0 Å². The topological polar surface area (TPSA) is 82.2 Å². The van der Waals surface area contributed by atoms with Gasteiger partial charge in [0.2, 0.25) is 11.8 Å². The molecule has 0 radical (unpaired) electrons. The lowest BCUT2D eigenvalue weighted by molar-refractivity contribution is -0.136. The van der Waals surface area contributed by atoms with E-state index in [1.165, 1.54) is 31.5 Å². The molecule has 2 saturated heterocycles. The van der Waals surface area contributed by atoms with Crippen molar-refractivity contribution < 1.29 is 19.1 Å². The van der Waals surface area contributed by atoms with Gasteiger partial charge in [-0.15, -0.1) is 0 Å². The Balaban J connectivity index is 1.07. The molecule has 3 amide bonds. The van der Waals surface area contributed by atoms with Crippen molar-refractivity contribution in [2.75, 3.05) is 26.2 Å². The lowest BCUT2D eigenvalue weighted by Gasteiger charge is -2.38. The van der Waals surface area contributed by atoms with Gasteiger partial charge < -0.3 is 9.64 Å². The van der Waals surface area contributed by atoms with Gasteiger partial charge in [-0.1, -0.05) is 30.3 Å². The molecule has 6 rings (SSSR count). The van der Waals surface area contributed by atoms with E-state index < -0.39 is 11.9 Å². The largest absolute Gasteiger partial charge is 0.489 e. The molecule has 2 aromatic carbocycles. The quantitative estimate of drug-likeness (QED) is 0.587. The van der Waals surface area contributed by atoms with Crippen molar-refractivity contribution in [3.05, 3.63) is 64.7 Å². The number of hydrogen-bond donors (Lipinski definition) is 1. The number of amides is 3. The molecule has 0 bridgehead atoms. The summed E-state index contributed by atoms with van der Waals surface area (Å²) in [5.41, 5.74) is 3.74. The zero-order chi connectivity index (χ0) is 25.5. The molecule has 3 aliphatic heterocycles. The lowest BCUT2D eigenvalue weighted by Crippen LogP contribution is -2.52. The summed E-state index contributed by atoms with van der Waals surface area (Å²) in [5, 5.41) is 2.35. The fourth-order valence-electron chi connectivity index (χ4n) is 5.89. The zero-order valence-corrected chi connectivity index (χ0v) is 21.3. The lowest BCUT2D eigenvalue weighted by atomic mass is 10.0. The fourth-order valence-corrected chi connectivity index (χ4v) is 5.89. The van der Waals surface area contributed by atoms with E-state index in [1.807, 2.05) is 12.1 Å². The fraction of sp³-hybridized carbons (Fsp3) is 0.483. The number of benzene rings is 2. The van der Waals surface area contributed by atoms with Gasteiger partial charge in [-0.25, -0.2) is 0 Å². The number of fused-ring (bicyclic) bond motifs is 1. The molecule has 37 heavy (non-hydrogen) atoms. The van der Waals surface area contributed by atoms with Gasteiger partial charge in [0.15, 0.2) is 0 Å². The van der Waals surface area contributed by atoms with Crippen LogP contribution in [0.2, 0.25) is 0 Å². The maximum absolute atomic E-state index is 13.0. The average molecular weight is 503 g/mol. The zero-order valence-electron chi connectivity index (χ0n) is 21.3. The van der Waals surface area contributed by atoms with E-state index in [-0.39, 0.29) is 18.2 Å². The Kier molecular flexibility index (Phi) is 6.46. The van der Waals surface area contributed by atoms with Crippen molar-refractivity contribution in [2.45, 2.75) is 63.9 Å². The van der Waals surface area contributed by atoms with E-state index in [2.05, 4.69) is 46.3 Å². The molecule has 0 spiro atoms. The molecular weight excluding hydrogens is 468 g/mol. The predicted molar refractivity (Wildman–Crippen MR) is 138 cm³/mol. The highest BCUT2D eigenvalue weighted by Crippen LogP contribution is 2.34. The molecule has 0 unspecified atom stereocenters.